The fourth-order valence-electron chi connectivity index (χ4n) is 6.24. The van der Waals surface area contributed by atoms with Crippen LogP contribution in [0, 0.1) is 0 Å². The molecule has 2 unspecified atom stereocenters. The molecule has 2 aromatic rings. The highest BCUT2D eigenvalue weighted by atomic mass is 16.5. The van der Waals surface area contributed by atoms with Crippen LogP contribution in [0.3, 0.4) is 0 Å². The van der Waals surface area contributed by atoms with Gasteiger partial charge in [-0.15, -0.1) is 0 Å². The summed E-state index contributed by atoms with van der Waals surface area (Å²) < 4.78 is 23.5. The van der Waals surface area contributed by atoms with Crippen LogP contribution in [0.4, 0.5) is 11.4 Å². The Bertz CT molecular complexity index is 1840. The largest absolute Gasteiger partial charge is 0.497 e. The molecule has 14 heteroatoms. The number of rotatable bonds is 12. The van der Waals surface area contributed by atoms with Crippen LogP contribution < -0.4 is 9.47 Å². The average Bonchev–Trinajstić information content (AvgIpc) is 3.60. The van der Waals surface area contributed by atoms with Gasteiger partial charge in [0.25, 0.3) is 11.8 Å². The van der Waals surface area contributed by atoms with Crippen molar-refractivity contribution < 1.29 is 38.1 Å². The second-order valence-corrected chi connectivity index (χ2v) is 13.1. The van der Waals surface area contributed by atoms with E-state index in [0.717, 1.165) is 0 Å². The molecule has 0 saturated carbocycles. The van der Waals surface area contributed by atoms with Crippen LogP contribution in [0.1, 0.15) is 27.1 Å². The Labute approximate surface area is 307 Å². The van der Waals surface area contributed by atoms with Gasteiger partial charge in [0.2, 0.25) is 11.8 Å². The summed E-state index contributed by atoms with van der Waals surface area (Å²) >= 11 is 0. The lowest BCUT2D eigenvalue weighted by Crippen LogP contribution is -2.41. The zero-order chi connectivity index (χ0) is 37.8. The van der Waals surface area contributed by atoms with Gasteiger partial charge < -0.3 is 38.5 Å². The number of likely N-dealkylation sites (N-methyl/N-ethyl adjacent to an activating group) is 2. The van der Waals surface area contributed by atoms with E-state index in [4.69, 9.17) is 18.9 Å². The number of carbonyl (C=O) groups is 4. The Kier molecular flexibility index (Phi) is 11.0. The predicted octanol–water partition coefficient (Wildman–Crippen LogP) is 3.70. The van der Waals surface area contributed by atoms with Gasteiger partial charge in [-0.05, 0) is 66.1 Å². The van der Waals surface area contributed by atoms with E-state index >= 15 is 0 Å². The average molecular weight is 723 g/mol. The molecule has 4 aliphatic heterocycles. The molecular formula is C39H42N6O8. The summed E-state index contributed by atoms with van der Waals surface area (Å²) in [6.45, 7) is 0.468. The summed E-state index contributed by atoms with van der Waals surface area (Å²) in [5.74, 6) is 0.0952. The molecule has 2 aromatic carbocycles. The zero-order valence-corrected chi connectivity index (χ0v) is 30.5. The Balaban J connectivity index is 1.17. The van der Waals surface area contributed by atoms with Crippen molar-refractivity contribution in [3.63, 3.8) is 0 Å². The second kappa shape index (κ2) is 15.8. The van der Waals surface area contributed by atoms with Gasteiger partial charge in [-0.3, -0.25) is 29.2 Å². The van der Waals surface area contributed by atoms with Crippen LogP contribution in [-0.2, 0) is 19.1 Å². The summed E-state index contributed by atoms with van der Waals surface area (Å²) in [7, 11) is 9.70. The van der Waals surface area contributed by atoms with E-state index < -0.39 is 24.3 Å². The van der Waals surface area contributed by atoms with Crippen LogP contribution >= 0.6 is 0 Å². The minimum atomic E-state index is -0.621. The number of amides is 4. The predicted molar refractivity (Wildman–Crippen MR) is 198 cm³/mol. The molecule has 53 heavy (non-hydrogen) atoms. The summed E-state index contributed by atoms with van der Waals surface area (Å²) in [5, 5.41) is 0. The molecule has 14 nitrogen and oxygen atoms in total. The van der Waals surface area contributed by atoms with Crippen LogP contribution in [0.5, 0.6) is 11.5 Å². The van der Waals surface area contributed by atoms with Crippen molar-refractivity contribution >= 4 is 47.4 Å². The Morgan fingerprint density at radius 1 is 0.698 bits per heavy atom. The summed E-state index contributed by atoms with van der Waals surface area (Å²) in [5.41, 5.74) is 3.08. The topological polar surface area (TPSA) is 143 Å². The maximum absolute atomic E-state index is 13.8. The molecular weight excluding hydrogens is 680 g/mol. The maximum atomic E-state index is 13.8. The fourth-order valence-corrected chi connectivity index (χ4v) is 6.24. The molecule has 0 aliphatic carbocycles. The highest BCUT2D eigenvalue weighted by Crippen LogP contribution is 2.36. The van der Waals surface area contributed by atoms with E-state index in [1.165, 1.54) is 36.2 Å². The third kappa shape index (κ3) is 7.69. The van der Waals surface area contributed by atoms with E-state index in [9.17, 15) is 19.2 Å². The van der Waals surface area contributed by atoms with Gasteiger partial charge in [-0.2, -0.15) is 0 Å². The van der Waals surface area contributed by atoms with E-state index in [2.05, 4.69) is 9.98 Å². The molecule has 276 valence electrons. The van der Waals surface area contributed by atoms with E-state index in [-0.39, 0.29) is 36.8 Å². The van der Waals surface area contributed by atoms with Crippen LogP contribution in [-0.4, -0.2) is 136 Å². The summed E-state index contributed by atoms with van der Waals surface area (Å²) in [6.07, 6.45) is 12.1. The summed E-state index contributed by atoms with van der Waals surface area (Å²) in [6, 6.07) is 9.14. The van der Waals surface area contributed by atoms with E-state index in [1.54, 1.807) is 111 Å². The Morgan fingerprint density at radius 3 is 1.49 bits per heavy atom. The molecule has 4 atom stereocenters. The van der Waals surface area contributed by atoms with Gasteiger partial charge in [-0.1, -0.05) is 0 Å². The third-order valence-electron chi connectivity index (χ3n) is 9.17. The first-order chi connectivity index (χ1) is 25.5. The first kappa shape index (κ1) is 36.9. The number of carbonyl (C=O) groups excluding carboxylic acids is 4. The van der Waals surface area contributed by atoms with Crippen LogP contribution in [0.25, 0.3) is 0 Å². The first-order valence-corrected chi connectivity index (χ1v) is 17.1. The van der Waals surface area contributed by atoms with E-state index in [0.29, 0.717) is 51.6 Å². The maximum Gasteiger partial charge on any atom is 0.260 e. The van der Waals surface area contributed by atoms with E-state index in [1.807, 2.05) is 0 Å². The number of aliphatic imine (C=N–C) groups is 2. The van der Waals surface area contributed by atoms with Crippen molar-refractivity contribution in [3.05, 3.63) is 95.4 Å². The number of methoxy groups -OCH3 is 2. The van der Waals surface area contributed by atoms with Crippen LogP contribution in [0.2, 0.25) is 0 Å². The van der Waals surface area contributed by atoms with Gasteiger partial charge in [0.1, 0.15) is 35.8 Å². The Hall–Kier alpha value is -5.86. The molecule has 6 rings (SSSR count). The standard InChI is InChI=1S/C39H42N6O8/c1-42(2)34(46)14-8-24-22-44-32(20-40-30-12-10-26(50-5)18-28(30)38(44)48)36(24)52-16-7-17-53-37-25(9-15-35(47)43(3)4)23-45-33(37)21-41-31-13-11-27(51-6)19-29(31)39(45)49/h8-15,18-23,32-33,36-37H,7,16-17H2,1-6H3/t32-,33-,36?,37?/m0/s1. The molecule has 0 N–H and O–H groups in total. The van der Waals surface area contributed by atoms with Gasteiger partial charge in [-0.25, -0.2) is 0 Å². The van der Waals surface area contributed by atoms with Crippen molar-refractivity contribution in [2.24, 2.45) is 9.98 Å². The third-order valence-corrected chi connectivity index (χ3v) is 9.17. The number of nitrogens with zero attached hydrogens (tertiary/aromatic N) is 6. The zero-order valence-electron chi connectivity index (χ0n) is 30.5. The monoisotopic (exact) mass is 722 g/mol. The fraction of sp³-hybridized carbons (Fsp3) is 0.333. The van der Waals surface area contributed by atoms with Crippen molar-refractivity contribution in [1.82, 2.24) is 19.6 Å². The normalized spacial score (nSPS) is 21.5. The van der Waals surface area contributed by atoms with Gasteiger partial charge in [0.15, 0.2) is 0 Å². The van der Waals surface area contributed by atoms with Crippen molar-refractivity contribution in [2.75, 3.05) is 55.6 Å². The van der Waals surface area contributed by atoms with Gasteiger partial charge in [0.05, 0.1) is 36.7 Å². The number of hydrogen-bond acceptors (Lipinski definition) is 10. The quantitative estimate of drug-likeness (QED) is 0.239. The molecule has 0 aromatic heterocycles. The van der Waals surface area contributed by atoms with Crippen molar-refractivity contribution in [3.8, 4) is 11.5 Å². The molecule has 0 bridgehead atoms. The molecule has 4 aliphatic rings. The number of hydrogen-bond donors (Lipinski definition) is 0. The van der Waals surface area contributed by atoms with Crippen molar-refractivity contribution in [2.45, 2.75) is 30.7 Å². The lowest BCUT2D eigenvalue weighted by molar-refractivity contribution is -0.124. The van der Waals surface area contributed by atoms with Crippen LogP contribution in [0.15, 0.2) is 94.2 Å². The molecule has 0 radical (unpaired) electrons. The second-order valence-electron chi connectivity index (χ2n) is 13.1. The highest BCUT2D eigenvalue weighted by Gasteiger charge is 2.41. The molecule has 0 saturated heterocycles. The number of ether oxygens (including phenoxy) is 4. The van der Waals surface area contributed by atoms with Gasteiger partial charge in [0, 0.05) is 78.4 Å². The first-order valence-electron chi connectivity index (χ1n) is 17.1. The van der Waals surface area contributed by atoms with Crippen molar-refractivity contribution in [1.29, 1.82) is 0 Å². The highest BCUT2D eigenvalue weighted by molar-refractivity contribution is 6.05. The summed E-state index contributed by atoms with van der Waals surface area (Å²) in [4.78, 5) is 67.7. The molecule has 0 fully saturated rings. The molecule has 0 spiro atoms. The SMILES string of the molecule is COc1ccc2c(c1)C(=O)N1C=C(C=CC(=O)N(C)C)C(OCCCOC3C(C=CC(=O)N(C)C)=CN4C(=O)c5cc(OC)ccc5N=C[C@@H]34)[C@@H]1C=N2. The number of benzene rings is 2. The molecule has 4 amide bonds. The lowest BCUT2D eigenvalue weighted by Gasteiger charge is -2.26. The van der Waals surface area contributed by atoms with Gasteiger partial charge >= 0.3 is 0 Å². The smallest absolute Gasteiger partial charge is 0.260 e. The minimum Gasteiger partial charge on any atom is -0.497 e. The number of fused-ring (bicyclic) bond motifs is 4. The Morgan fingerprint density at radius 2 is 1.11 bits per heavy atom. The molecule has 4 heterocycles. The minimum absolute atomic E-state index is 0.214. The lowest BCUT2D eigenvalue weighted by atomic mass is 10.1.